The molecule has 1 saturated heterocycles. The lowest BCUT2D eigenvalue weighted by Gasteiger charge is -2.42. The van der Waals surface area contributed by atoms with Gasteiger partial charge in [-0.1, -0.05) is 36.8 Å². The zero-order valence-corrected chi connectivity index (χ0v) is 15.0. The number of rotatable bonds is 4. The summed E-state index contributed by atoms with van der Waals surface area (Å²) in [5, 5.41) is 7.38. The summed E-state index contributed by atoms with van der Waals surface area (Å²) in [7, 11) is 1.83. The molecule has 4 rings (SSSR count). The van der Waals surface area contributed by atoms with Crippen LogP contribution in [-0.4, -0.2) is 34.2 Å². The Morgan fingerprint density at radius 2 is 1.96 bits per heavy atom. The van der Waals surface area contributed by atoms with E-state index in [1.807, 2.05) is 49.6 Å². The van der Waals surface area contributed by atoms with Crippen LogP contribution in [0.5, 0.6) is 0 Å². The van der Waals surface area contributed by atoms with Gasteiger partial charge < -0.3 is 5.32 Å². The summed E-state index contributed by atoms with van der Waals surface area (Å²) in [6.45, 7) is 0.645. The van der Waals surface area contributed by atoms with E-state index >= 15 is 0 Å². The highest BCUT2D eigenvalue weighted by atomic mass is 16.2. The Balaban J connectivity index is 1.51. The molecule has 1 unspecified atom stereocenters. The lowest BCUT2D eigenvalue weighted by Crippen LogP contribution is -2.58. The van der Waals surface area contributed by atoms with Crippen LogP contribution in [0, 0.1) is 0 Å². The molecule has 1 aromatic carbocycles. The lowest BCUT2D eigenvalue weighted by molar-refractivity contribution is -0.134. The van der Waals surface area contributed by atoms with Gasteiger partial charge in [0, 0.05) is 25.9 Å². The van der Waals surface area contributed by atoms with Gasteiger partial charge in [0.1, 0.15) is 6.04 Å². The molecule has 2 aromatic rings. The number of amides is 2. The summed E-state index contributed by atoms with van der Waals surface area (Å²) in [6.07, 6.45) is 6.08. The fourth-order valence-corrected chi connectivity index (χ4v) is 4.01. The quantitative estimate of drug-likeness (QED) is 0.917. The van der Waals surface area contributed by atoms with Gasteiger partial charge in [-0.2, -0.15) is 5.10 Å². The highest BCUT2D eigenvalue weighted by Crippen LogP contribution is 2.44. The molecule has 2 fully saturated rings. The Morgan fingerprint density at radius 3 is 2.58 bits per heavy atom. The number of aryl methyl sites for hydroxylation is 1. The Hall–Kier alpha value is -2.63. The molecule has 1 N–H and O–H groups in total. The zero-order valence-electron chi connectivity index (χ0n) is 15.0. The minimum atomic E-state index is -0.477. The Morgan fingerprint density at radius 1 is 1.19 bits per heavy atom. The fourth-order valence-electron chi connectivity index (χ4n) is 4.01. The van der Waals surface area contributed by atoms with Crippen molar-refractivity contribution < 1.29 is 9.59 Å². The van der Waals surface area contributed by atoms with E-state index < -0.39 is 11.5 Å². The Labute approximate surface area is 153 Å². The summed E-state index contributed by atoms with van der Waals surface area (Å²) < 4.78 is 1.68. The van der Waals surface area contributed by atoms with Crippen molar-refractivity contribution in [2.45, 2.75) is 43.6 Å². The minimum absolute atomic E-state index is 0.0174. The van der Waals surface area contributed by atoms with Crippen molar-refractivity contribution in [3.63, 3.8) is 0 Å². The van der Waals surface area contributed by atoms with E-state index in [2.05, 4.69) is 10.4 Å². The molecule has 1 aromatic heterocycles. The Kier molecular flexibility index (Phi) is 4.26. The highest BCUT2D eigenvalue weighted by molar-refractivity contribution is 6.00. The van der Waals surface area contributed by atoms with Crippen LogP contribution in [0.1, 0.15) is 37.7 Å². The van der Waals surface area contributed by atoms with Gasteiger partial charge in [-0.15, -0.1) is 0 Å². The van der Waals surface area contributed by atoms with E-state index in [1.165, 1.54) is 0 Å². The average molecular weight is 352 g/mol. The van der Waals surface area contributed by atoms with Crippen LogP contribution >= 0.6 is 0 Å². The number of carbonyl (C=O) groups excluding carboxylic acids is 2. The number of aromatic nitrogens is 2. The van der Waals surface area contributed by atoms with Gasteiger partial charge in [0.05, 0.1) is 5.41 Å². The Bertz CT molecular complexity index is 810. The molecule has 1 saturated carbocycles. The second-order valence-electron chi connectivity index (χ2n) is 7.31. The van der Waals surface area contributed by atoms with E-state index in [4.69, 9.17) is 0 Å². The van der Waals surface area contributed by atoms with Crippen LogP contribution in [-0.2, 0) is 22.1 Å². The van der Waals surface area contributed by atoms with Gasteiger partial charge in [0.25, 0.3) is 5.91 Å². The molecule has 1 aliphatic heterocycles. The maximum atomic E-state index is 13.1. The minimum Gasteiger partial charge on any atom is -0.344 e. The summed E-state index contributed by atoms with van der Waals surface area (Å²) in [5.41, 5.74) is 0.572. The van der Waals surface area contributed by atoms with Crippen LogP contribution in [0.2, 0.25) is 0 Å². The lowest BCUT2D eigenvalue weighted by atomic mass is 9.63. The van der Waals surface area contributed by atoms with Gasteiger partial charge in [-0.05, 0) is 31.2 Å². The molecule has 2 amide bonds. The first-order valence-corrected chi connectivity index (χ1v) is 9.28. The van der Waals surface area contributed by atoms with E-state index in [9.17, 15) is 9.59 Å². The standard InChI is InChI=1S/C20H24N4O2/c1-23-14-10-17(22-23)24-13-5-9-16(18(24)25)21-19(26)20(11-6-12-20)15-7-3-2-4-8-15/h2-4,7-8,10,14,16H,5-6,9,11-13H2,1H3,(H,21,26). The number of carbonyl (C=O) groups is 2. The van der Waals surface area contributed by atoms with Crippen molar-refractivity contribution in [1.82, 2.24) is 15.1 Å². The van der Waals surface area contributed by atoms with Crippen LogP contribution < -0.4 is 10.2 Å². The molecule has 0 radical (unpaired) electrons. The largest absolute Gasteiger partial charge is 0.344 e. The average Bonchev–Trinajstić information content (AvgIpc) is 3.03. The number of nitrogens with zero attached hydrogens (tertiary/aromatic N) is 3. The molecule has 6 heteroatoms. The van der Waals surface area contributed by atoms with Crippen molar-refractivity contribution in [3.05, 3.63) is 48.2 Å². The summed E-state index contributed by atoms with van der Waals surface area (Å²) in [5.74, 6) is 0.569. The maximum absolute atomic E-state index is 13.1. The fraction of sp³-hybridized carbons (Fsp3) is 0.450. The van der Waals surface area contributed by atoms with Crippen LogP contribution in [0.4, 0.5) is 5.82 Å². The molecule has 6 nitrogen and oxygen atoms in total. The molecule has 26 heavy (non-hydrogen) atoms. The highest BCUT2D eigenvalue weighted by Gasteiger charge is 2.47. The first-order valence-electron chi connectivity index (χ1n) is 9.28. The van der Waals surface area contributed by atoms with Gasteiger partial charge in [0.2, 0.25) is 5.91 Å². The van der Waals surface area contributed by atoms with Crippen LogP contribution in [0.3, 0.4) is 0 Å². The zero-order chi connectivity index (χ0) is 18.1. The smallest absolute Gasteiger partial charge is 0.250 e. The third-order valence-corrected chi connectivity index (χ3v) is 5.69. The van der Waals surface area contributed by atoms with E-state index in [1.54, 1.807) is 9.58 Å². The molecule has 1 atom stereocenters. The number of anilines is 1. The van der Waals surface area contributed by atoms with Gasteiger partial charge in [0.15, 0.2) is 5.82 Å². The molecule has 0 spiro atoms. The molecule has 0 bridgehead atoms. The van der Waals surface area contributed by atoms with Crippen LogP contribution in [0.15, 0.2) is 42.6 Å². The third-order valence-electron chi connectivity index (χ3n) is 5.69. The summed E-state index contributed by atoms with van der Waals surface area (Å²) in [6, 6.07) is 11.3. The number of piperidine rings is 1. The number of nitrogens with one attached hydrogen (secondary N) is 1. The first-order chi connectivity index (χ1) is 12.6. The molecular weight excluding hydrogens is 328 g/mol. The number of hydrogen-bond acceptors (Lipinski definition) is 3. The van der Waals surface area contributed by atoms with E-state index in [-0.39, 0.29) is 11.8 Å². The topological polar surface area (TPSA) is 67.2 Å². The van der Waals surface area contributed by atoms with Crippen LogP contribution in [0.25, 0.3) is 0 Å². The second kappa shape index (κ2) is 6.59. The summed E-state index contributed by atoms with van der Waals surface area (Å²) in [4.78, 5) is 27.7. The predicted molar refractivity (Wildman–Crippen MR) is 98.7 cm³/mol. The van der Waals surface area contributed by atoms with Gasteiger partial charge >= 0.3 is 0 Å². The first kappa shape index (κ1) is 16.8. The number of hydrogen-bond donors (Lipinski definition) is 1. The maximum Gasteiger partial charge on any atom is 0.250 e. The number of benzene rings is 1. The van der Waals surface area contributed by atoms with E-state index in [0.29, 0.717) is 18.8 Å². The van der Waals surface area contributed by atoms with Crippen molar-refractivity contribution in [3.8, 4) is 0 Å². The second-order valence-corrected chi connectivity index (χ2v) is 7.31. The third kappa shape index (κ3) is 2.79. The van der Waals surface area contributed by atoms with Crippen molar-refractivity contribution in [1.29, 1.82) is 0 Å². The van der Waals surface area contributed by atoms with Gasteiger partial charge in [-0.25, -0.2) is 0 Å². The molecule has 2 heterocycles. The van der Waals surface area contributed by atoms with Crippen molar-refractivity contribution in [2.75, 3.05) is 11.4 Å². The van der Waals surface area contributed by atoms with E-state index in [0.717, 1.165) is 31.2 Å². The van der Waals surface area contributed by atoms with Crippen molar-refractivity contribution >= 4 is 17.6 Å². The predicted octanol–water partition coefficient (Wildman–Crippen LogP) is 2.15. The summed E-state index contributed by atoms with van der Waals surface area (Å²) >= 11 is 0. The molecule has 1 aliphatic carbocycles. The molecule has 136 valence electrons. The molecule has 2 aliphatic rings. The monoisotopic (exact) mass is 352 g/mol. The molecular formula is C20H24N4O2. The van der Waals surface area contributed by atoms with Gasteiger partial charge in [-0.3, -0.25) is 19.2 Å². The normalized spacial score (nSPS) is 22.0. The van der Waals surface area contributed by atoms with Crippen molar-refractivity contribution in [2.24, 2.45) is 7.05 Å². The SMILES string of the molecule is Cn1ccc(N2CCCC(NC(=O)C3(c4ccccc4)CCC3)C2=O)n1.